The predicted molar refractivity (Wildman–Crippen MR) is 51.9 cm³/mol. The van der Waals surface area contributed by atoms with Crippen LogP contribution in [0.1, 0.15) is 17.2 Å². The molecular weight excluding hydrogens is 189 g/mol. The molecule has 0 saturated carbocycles. The van der Waals surface area contributed by atoms with Gasteiger partial charge in [0.25, 0.3) is 0 Å². The summed E-state index contributed by atoms with van der Waals surface area (Å²) in [6.07, 6.45) is 0.937. The summed E-state index contributed by atoms with van der Waals surface area (Å²) < 4.78 is 12.6. The van der Waals surface area contributed by atoms with Crippen LogP contribution in [-0.4, -0.2) is 13.2 Å². The molecule has 0 amide bonds. The third kappa shape index (κ3) is 1.56. The molecule has 0 fully saturated rings. The molecule has 1 N–H and O–H groups in total. The van der Waals surface area contributed by atoms with Gasteiger partial charge in [-0.15, -0.1) is 0 Å². The molecule has 1 nitrogen and oxygen atoms in total. The molecule has 0 radical (unpaired) electrons. The Morgan fingerprint density at radius 2 is 2.38 bits per heavy atom. The zero-order valence-corrected chi connectivity index (χ0v) is 7.94. The molecule has 0 aliphatic carbocycles. The van der Waals surface area contributed by atoms with Gasteiger partial charge in [0.1, 0.15) is 6.67 Å². The average molecular weight is 200 g/mol. The highest BCUT2D eigenvalue weighted by Gasteiger charge is 2.21. The number of fused-ring (bicyclic) bond motifs is 1. The second kappa shape index (κ2) is 3.64. The fraction of sp³-hybridized carbons (Fsp3) is 0.400. The van der Waals surface area contributed by atoms with Crippen LogP contribution < -0.4 is 5.32 Å². The van der Waals surface area contributed by atoms with Crippen molar-refractivity contribution in [3.05, 3.63) is 34.3 Å². The summed E-state index contributed by atoms with van der Waals surface area (Å²) in [5.74, 6) is 0. The predicted octanol–water partition coefficient (Wildman–Crippen LogP) is 2.50. The van der Waals surface area contributed by atoms with Crippen molar-refractivity contribution in [3.63, 3.8) is 0 Å². The van der Waals surface area contributed by atoms with Crippen LogP contribution in [0, 0.1) is 0 Å². The first-order chi connectivity index (χ1) is 6.33. The van der Waals surface area contributed by atoms with E-state index in [1.165, 1.54) is 5.56 Å². The lowest BCUT2D eigenvalue weighted by Crippen LogP contribution is -2.31. The zero-order valence-electron chi connectivity index (χ0n) is 7.19. The minimum absolute atomic E-state index is 0.211. The Hall–Kier alpha value is -0.600. The lowest BCUT2D eigenvalue weighted by molar-refractivity contribution is 0.371. The van der Waals surface area contributed by atoms with Crippen LogP contribution in [-0.2, 0) is 6.42 Å². The fourth-order valence-electron chi connectivity index (χ4n) is 1.80. The van der Waals surface area contributed by atoms with Crippen molar-refractivity contribution in [1.82, 2.24) is 5.32 Å². The van der Waals surface area contributed by atoms with Gasteiger partial charge >= 0.3 is 0 Å². The van der Waals surface area contributed by atoms with E-state index in [0.717, 1.165) is 18.5 Å². The van der Waals surface area contributed by atoms with Crippen molar-refractivity contribution in [2.75, 3.05) is 13.2 Å². The van der Waals surface area contributed by atoms with Gasteiger partial charge in [0.2, 0.25) is 0 Å². The van der Waals surface area contributed by atoms with Gasteiger partial charge in [0.05, 0.1) is 6.04 Å². The smallest absolute Gasteiger partial charge is 0.109 e. The van der Waals surface area contributed by atoms with Crippen molar-refractivity contribution < 1.29 is 4.39 Å². The second-order valence-electron chi connectivity index (χ2n) is 3.22. The van der Waals surface area contributed by atoms with Crippen LogP contribution in [0.25, 0.3) is 0 Å². The summed E-state index contributed by atoms with van der Waals surface area (Å²) in [7, 11) is 0. The van der Waals surface area contributed by atoms with Gasteiger partial charge in [-0.3, -0.25) is 0 Å². The molecule has 13 heavy (non-hydrogen) atoms. The molecule has 1 aliphatic heterocycles. The van der Waals surface area contributed by atoms with E-state index < -0.39 is 6.67 Å². The van der Waals surface area contributed by atoms with Crippen molar-refractivity contribution in [3.8, 4) is 0 Å². The number of halogens is 2. The first-order valence-electron chi connectivity index (χ1n) is 4.39. The molecule has 1 aromatic carbocycles. The van der Waals surface area contributed by atoms with E-state index in [1.807, 2.05) is 18.2 Å². The van der Waals surface area contributed by atoms with E-state index in [1.54, 1.807) is 0 Å². The molecule has 1 atom stereocenters. The van der Waals surface area contributed by atoms with E-state index in [0.29, 0.717) is 5.02 Å². The Kier molecular flexibility index (Phi) is 2.51. The largest absolute Gasteiger partial charge is 0.307 e. The number of rotatable bonds is 1. The third-order valence-electron chi connectivity index (χ3n) is 2.43. The maximum Gasteiger partial charge on any atom is 0.109 e. The van der Waals surface area contributed by atoms with E-state index in [4.69, 9.17) is 11.6 Å². The summed E-state index contributed by atoms with van der Waals surface area (Å²) in [4.78, 5) is 0. The Balaban J connectivity index is 2.47. The van der Waals surface area contributed by atoms with Gasteiger partial charge in [0, 0.05) is 5.02 Å². The molecular formula is C10H11ClFN. The standard InChI is InChI=1S/C10H11ClFN/c11-8-3-1-2-7-4-5-13-9(6-12)10(7)8/h1-3,9,13H,4-6H2. The van der Waals surface area contributed by atoms with Crippen LogP contribution in [0.3, 0.4) is 0 Å². The van der Waals surface area contributed by atoms with Gasteiger partial charge in [-0.1, -0.05) is 23.7 Å². The lowest BCUT2D eigenvalue weighted by atomic mass is 9.95. The van der Waals surface area contributed by atoms with Crippen molar-refractivity contribution >= 4 is 11.6 Å². The maximum absolute atomic E-state index is 12.6. The molecule has 2 rings (SSSR count). The van der Waals surface area contributed by atoms with Gasteiger partial charge in [-0.25, -0.2) is 4.39 Å². The molecule has 0 bridgehead atoms. The molecule has 0 spiro atoms. The molecule has 1 heterocycles. The summed E-state index contributed by atoms with van der Waals surface area (Å²) in [5, 5.41) is 3.78. The maximum atomic E-state index is 12.6. The quantitative estimate of drug-likeness (QED) is 0.733. The Morgan fingerprint density at radius 1 is 1.54 bits per heavy atom. The normalized spacial score (nSPS) is 21.2. The third-order valence-corrected chi connectivity index (χ3v) is 2.76. The van der Waals surface area contributed by atoms with Crippen molar-refractivity contribution in [2.45, 2.75) is 12.5 Å². The SMILES string of the molecule is FCC1NCCc2cccc(Cl)c21. The number of alkyl halides is 1. The van der Waals surface area contributed by atoms with Gasteiger partial charge in [0.15, 0.2) is 0 Å². The van der Waals surface area contributed by atoms with E-state index in [2.05, 4.69) is 5.32 Å². The first kappa shape index (κ1) is 8.97. The highest BCUT2D eigenvalue weighted by molar-refractivity contribution is 6.31. The van der Waals surface area contributed by atoms with Crippen LogP contribution in [0.2, 0.25) is 5.02 Å². The first-order valence-corrected chi connectivity index (χ1v) is 4.77. The van der Waals surface area contributed by atoms with Gasteiger partial charge < -0.3 is 5.32 Å². The van der Waals surface area contributed by atoms with Crippen LogP contribution >= 0.6 is 11.6 Å². The van der Waals surface area contributed by atoms with Crippen LogP contribution in [0.15, 0.2) is 18.2 Å². The molecule has 3 heteroatoms. The highest BCUT2D eigenvalue weighted by atomic mass is 35.5. The number of nitrogens with one attached hydrogen (secondary N) is 1. The van der Waals surface area contributed by atoms with Crippen LogP contribution in [0.5, 0.6) is 0 Å². The van der Waals surface area contributed by atoms with E-state index in [9.17, 15) is 4.39 Å². The number of hydrogen-bond acceptors (Lipinski definition) is 1. The molecule has 0 aromatic heterocycles. The molecule has 70 valence electrons. The average Bonchev–Trinajstić information content (AvgIpc) is 2.17. The van der Waals surface area contributed by atoms with Crippen molar-refractivity contribution in [1.29, 1.82) is 0 Å². The van der Waals surface area contributed by atoms with Gasteiger partial charge in [-0.05, 0) is 30.2 Å². The number of hydrogen-bond donors (Lipinski definition) is 1. The minimum atomic E-state index is -0.392. The Morgan fingerprint density at radius 3 is 3.15 bits per heavy atom. The molecule has 1 aliphatic rings. The fourth-order valence-corrected chi connectivity index (χ4v) is 2.13. The zero-order chi connectivity index (χ0) is 9.26. The summed E-state index contributed by atoms with van der Waals surface area (Å²) in [5.41, 5.74) is 2.12. The van der Waals surface area contributed by atoms with Crippen molar-refractivity contribution in [2.24, 2.45) is 0 Å². The molecule has 1 unspecified atom stereocenters. The molecule has 1 aromatic rings. The minimum Gasteiger partial charge on any atom is -0.307 e. The van der Waals surface area contributed by atoms with E-state index in [-0.39, 0.29) is 6.04 Å². The van der Waals surface area contributed by atoms with E-state index >= 15 is 0 Å². The summed E-state index contributed by atoms with van der Waals surface area (Å²) in [6, 6.07) is 5.54. The number of benzene rings is 1. The second-order valence-corrected chi connectivity index (χ2v) is 3.63. The Bertz CT molecular complexity index is 314. The summed E-state index contributed by atoms with van der Waals surface area (Å²) >= 11 is 6.01. The summed E-state index contributed by atoms with van der Waals surface area (Å²) in [6.45, 7) is 0.443. The van der Waals surface area contributed by atoms with Gasteiger partial charge in [-0.2, -0.15) is 0 Å². The topological polar surface area (TPSA) is 12.0 Å². The monoisotopic (exact) mass is 199 g/mol. The molecule has 0 saturated heterocycles. The Labute approximate surface area is 81.9 Å². The highest BCUT2D eigenvalue weighted by Crippen LogP contribution is 2.29. The van der Waals surface area contributed by atoms with Crippen LogP contribution in [0.4, 0.5) is 4.39 Å². The lowest BCUT2D eigenvalue weighted by Gasteiger charge is -2.25.